The largest absolute Gasteiger partial charge is 0.494 e. The van der Waals surface area contributed by atoms with E-state index in [9.17, 15) is 19.5 Å². The van der Waals surface area contributed by atoms with Gasteiger partial charge >= 0.3 is 7.12 Å². The van der Waals surface area contributed by atoms with Gasteiger partial charge in [0, 0.05) is 11.6 Å². The lowest BCUT2D eigenvalue weighted by Gasteiger charge is -2.32. The van der Waals surface area contributed by atoms with E-state index >= 15 is 0 Å². The second kappa shape index (κ2) is 6.53. The Kier molecular flexibility index (Phi) is 4.42. The number of nitrogens with zero attached hydrogens (tertiary/aromatic N) is 1. The van der Waals surface area contributed by atoms with Crippen LogP contribution < -0.4 is 22.1 Å². The van der Waals surface area contributed by atoms with Crippen LogP contribution in [0.15, 0.2) is 29.1 Å². The van der Waals surface area contributed by atoms with E-state index < -0.39 is 42.3 Å². The number of hydrogen-bond acceptors (Lipinski definition) is 7. The standard InChI is InChI=1S/C20H22BN3O6/c1-19(2)20(3,4)30-21(29-19)11-5-6-13(10(7-11)9-25)24-14(26)8-12-15(16(24)22)18(28)23-17(12)27/h5-8,25H,9,22H2,1-4H3,(H,23,27,28). The van der Waals surface area contributed by atoms with Crippen molar-refractivity contribution in [1.29, 1.82) is 0 Å². The van der Waals surface area contributed by atoms with Gasteiger partial charge in [-0.05, 0) is 39.2 Å². The van der Waals surface area contributed by atoms with Crippen LogP contribution in [0.3, 0.4) is 0 Å². The molecule has 0 radical (unpaired) electrons. The van der Waals surface area contributed by atoms with Crippen LogP contribution in [0, 0.1) is 0 Å². The Hall–Kier alpha value is -2.95. The molecule has 2 aromatic rings. The van der Waals surface area contributed by atoms with E-state index in [-0.39, 0.29) is 16.9 Å². The quantitative estimate of drug-likeness (QED) is 0.482. The number of aliphatic hydroxyl groups is 1. The summed E-state index contributed by atoms with van der Waals surface area (Å²) < 4.78 is 13.2. The van der Waals surface area contributed by atoms with Gasteiger partial charge in [-0.3, -0.25) is 24.3 Å². The van der Waals surface area contributed by atoms with Gasteiger partial charge in [0.15, 0.2) is 0 Å². The Bertz CT molecular complexity index is 1140. The first-order valence-electron chi connectivity index (χ1n) is 9.48. The SMILES string of the molecule is CC1(C)OB(c2ccc(-n3c(N)c4c(cc3=O)C(=O)NC4=O)c(CO)c2)OC1(C)C. The highest BCUT2D eigenvalue weighted by Gasteiger charge is 2.51. The molecule has 10 heteroatoms. The number of nitrogens with one attached hydrogen (secondary N) is 1. The first-order chi connectivity index (χ1) is 14.0. The summed E-state index contributed by atoms with van der Waals surface area (Å²) in [7, 11) is -0.646. The predicted octanol–water partition coefficient (Wildman–Crippen LogP) is 0.0948. The van der Waals surface area contributed by atoms with Gasteiger partial charge in [-0.25, -0.2) is 0 Å². The van der Waals surface area contributed by atoms with Crippen molar-refractivity contribution in [3.8, 4) is 5.69 Å². The van der Waals surface area contributed by atoms with Gasteiger partial charge in [-0.2, -0.15) is 0 Å². The molecule has 1 aromatic heterocycles. The van der Waals surface area contributed by atoms with Crippen molar-refractivity contribution in [2.75, 3.05) is 5.73 Å². The number of imide groups is 1. The normalized spacial score (nSPS) is 19.2. The second-order valence-corrected chi connectivity index (χ2v) is 8.41. The third-order valence-corrected chi connectivity index (χ3v) is 5.99. The van der Waals surface area contributed by atoms with Crippen LogP contribution in [0.2, 0.25) is 0 Å². The number of carbonyl (C=O) groups excluding carboxylic acids is 2. The van der Waals surface area contributed by atoms with E-state index in [4.69, 9.17) is 15.0 Å². The van der Waals surface area contributed by atoms with Crippen molar-refractivity contribution in [3.63, 3.8) is 0 Å². The van der Waals surface area contributed by atoms with E-state index in [1.54, 1.807) is 18.2 Å². The van der Waals surface area contributed by atoms with Gasteiger partial charge < -0.3 is 20.1 Å². The molecule has 156 valence electrons. The van der Waals surface area contributed by atoms with Crippen LogP contribution in [0.1, 0.15) is 54.0 Å². The van der Waals surface area contributed by atoms with E-state index in [2.05, 4.69) is 5.32 Å². The molecule has 4 rings (SSSR count). The van der Waals surface area contributed by atoms with Gasteiger partial charge in [0.05, 0.1) is 34.6 Å². The number of rotatable bonds is 3. The van der Waals surface area contributed by atoms with Crippen LogP contribution >= 0.6 is 0 Å². The highest BCUT2D eigenvalue weighted by molar-refractivity contribution is 6.62. The average molecular weight is 411 g/mol. The van der Waals surface area contributed by atoms with Gasteiger partial charge in [0.25, 0.3) is 17.4 Å². The fraction of sp³-hybridized carbons (Fsp3) is 0.350. The Morgan fingerprint density at radius 1 is 1.07 bits per heavy atom. The summed E-state index contributed by atoms with van der Waals surface area (Å²) in [5, 5.41) is 12.1. The summed E-state index contributed by atoms with van der Waals surface area (Å²) in [6.45, 7) is 7.35. The third-order valence-electron chi connectivity index (χ3n) is 5.99. The van der Waals surface area contributed by atoms with Crippen molar-refractivity contribution < 1.29 is 24.0 Å². The van der Waals surface area contributed by atoms with Gasteiger partial charge in [0.1, 0.15) is 5.82 Å². The number of fused-ring (bicyclic) bond motifs is 1. The summed E-state index contributed by atoms with van der Waals surface area (Å²) in [6, 6.07) is 6.04. The van der Waals surface area contributed by atoms with Crippen LogP contribution in [-0.4, -0.2) is 39.8 Å². The zero-order valence-electron chi connectivity index (χ0n) is 17.1. The number of anilines is 1. The molecule has 0 saturated carbocycles. The highest BCUT2D eigenvalue weighted by Crippen LogP contribution is 2.36. The summed E-state index contributed by atoms with van der Waals surface area (Å²) in [4.78, 5) is 36.6. The molecule has 0 aliphatic carbocycles. The topological polar surface area (TPSA) is 133 Å². The summed E-state index contributed by atoms with van der Waals surface area (Å²) in [5.74, 6) is -1.50. The zero-order valence-corrected chi connectivity index (χ0v) is 17.1. The number of pyridine rings is 1. The molecule has 1 saturated heterocycles. The molecule has 4 N–H and O–H groups in total. The maximum Gasteiger partial charge on any atom is 0.494 e. The molecule has 2 aliphatic rings. The van der Waals surface area contributed by atoms with E-state index in [1.807, 2.05) is 27.7 Å². The van der Waals surface area contributed by atoms with Gasteiger partial charge in [-0.1, -0.05) is 12.1 Å². The first-order valence-corrected chi connectivity index (χ1v) is 9.48. The third kappa shape index (κ3) is 2.87. The van der Waals surface area contributed by atoms with Crippen LogP contribution in [0.4, 0.5) is 5.82 Å². The molecule has 0 atom stereocenters. The van der Waals surface area contributed by atoms with Crippen molar-refractivity contribution in [3.05, 3.63) is 51.3 Å². The molecule has 3 heterocycles. The monoisotopic (exact) mass is 411 g/mol. The average Bonchev–Trinajstić information content (AvgIpc) is 3.06. The van der Waals surface area contributed by atoms with E-state index in [1.165, 1.54) is 0 Å². The second-order valence-electron chi connectivity index (χ2n) is 8.41. The molecule has 0 bridgehead atoms. The Labute approximate surface area is 172 Å². The van der Waals surface area contributed by atoms with Crippen molar-refractivity contribution >= 4 is 30.2 Å². The van der Waals surface area contributed by atoms with E-state index in [0.717, 1.165) is 10.6 Å². The van der Waals surface area contributed by atoms with Crippen molar-refractivity contribution in [2.45, 2.75) is 45.5 Å². The molecular weight excluding hydrogens is 389 g/mol. The predicted molar refractivity (Wildman–Crippen MR) is 110 cm³/mol. The molecule has 2 aliphatic heterocycles. The minimum absolute atomic E-state index is 0.0569. The molecule has 9 nitrogen and oxygen atoms in total. The summed E-state index contributed by atoms with van der Waals surface area (Å²) >= 11 is 0. The van der Waals surface area contributed by atoms with E-state index in [0.29, 0.717) is 16.7 Å². The molecule has 1 aromatic carbocycles. The highest BCUT2D eigenvalue weighted by atomic mass is 16.7. The molecule has 0 unspecified atom stereocenters. The van der Waals surface area contributed by atoms with Gasteiger partial charge in [-0.15, -0.1) is 0 Å². The minimum atomic E-state index is -0.666. The number of nitrogen functional groups attached to an aromatic ring is 1. The van der Waals surface area contributed by atoms with Crippen molar-refractivity contribution in [2.24, 2.45) is 0 Å². The van der Waals surface area contributed by atoms with Crippen molar-refractivity contribution in [1.82, 2.24) is 9.88 Å². The molecule has 2 amide bonds. The zero-order chi connectivity index (χ0) is 22.0. The van der Waals surface area contributed by atoms with Crippen LogP contribution in [0.25, 0.3) is 5.69 Å². The Morgan fingerprint density at radius 2 is 1.70 bits per heavy atom. The van der Waals surface area contributed by atoms with Crippen LogP contribution in [-0.2, 0) is 15.9 Å². The fourth-order valence-electron chi connectivity index (χ4n) is 3.60. The maximum absolute atomic E-state index is 12.7. The number of hydrogen-bond donors (Lipinski definition) is 3. The molecule has 1 fully saturated rings. The smallest absolute Gasteiger partial charge is 0.399 e. The Morgan fingerprint density at radius 3 is 2.30 bits per heavy atom. The number of aliphatic hydroxyl groups excluding tert-OH is 1. The number of benzene rings is 1. The number of aromatic nitrogens is 1. The Balaban J connectivity index is 1.81. The molecule has 0 spiro atoms. The summed E-state index contributed by atoms with van der Waals surface area (Å²) in [6.07, 6.45) is 0. The lowest BCUT2D eigenvalue weighted by Crippen LogP contribution is -2.41. The fourth-order valence-corrected chi connectivity index (χ4v) is 3.60. The lowest BCUT2D eigenvalue weighted by molar-refractivity contribution is 0.00578. The maximum atomic E-state index is 12.7. The molecule has 30 heavy (non-hydrogen) atoms. The van der Waals surface area contributed by atoms with Crippen LogP contribution in [0.5, 0.6) is 0 Å². The lowest BCUT2D eigenvalue weighted by atomic mass is 9.78. The number of carbonyl (C=O) groups is 2. The number of nitrogens with two attached hydrogens (primary N) is 1. The minimum Gasteiger partial charge on any atom is -0.399 e. The number of amides is 2. The first kappa shape index (κ1) is 20.3. The summed E-state index contributed by atoms with van der Waals surface area (Å²) in [5.41, 5.74) is 5.69. The molecular formula is C20H22BN3O6. The van der Waals surface area contributed by atoms with Gasteiger partial charge in [0.2, 0.25) is 0 Å².